The third-order valence-electron chi connectivity index (χ3n) is 3.44. The molecule has 1 aromatic rings. The molecule has 2 rings (SSSR count). The summed E-state index contributed by atoms with van der Waals surface area (Å²) >= 11 is 3.42. The Balaban J connectivity index is 2.13. The fourth-order valence-corrected chi connectivity index (χ4v) is 2.64. The van der Waals surface area contributed by atoms with E-state index in [4.69, 9.17) is 5.73 Å². The number of nitrogens with two attached hydrogens (primary N) is 1. The van der Waals surface area contributed by atoms with Crippen LogP contribution in [0.1, 0.15) is 10.4 Å². The van der Waals surface area contributed by atoms with Crippen LogP contribution in [0.4, 0.5) is 0 Å². The zero-order valence-corrected chi connectivity index (χ0v) is 12.1. The van der Waals surface area contributed by atoms with Crippen molar-refractivity contribution in [2.45, 2.75) is 6.04 Å². The number of carbonyl (C=O) groups is 1. The van der Waals surface area contributed by atoms with Crippen molar-refractivity contribution in [3.05, 3.63) is 34.3 Å². The summed E-state index contributed by atoms with van der Waals surface area (Å²) in [7, 11) is 2.05. The van der Waals surface area contributed by atoms with Gasteiger partial charge in [-0.05, 0) is 35.1 Å². The normalized spacial score (nSPS) is 21.1. The molecule has 1 aliphatic rings. The van der Waals surface area contributed by atoms with Crippen LogP contribution in [0.2, 0.25) is 0 Å². The van der Waals surface area contributed by atoms with E-state index in [1.165, 1.54) is 0 Å². The average molecular weight is 312 g/mol. The van der Waals surface area contributed by atoms with Crippen LogP contribution in [-0.4, -0.2) is 55.0 Å². The molecule has 1 saturated heterocycles. The van der Waals surface area contributed by atoms with Crippen LogP contribution in [0.5, 0.6) is 0 Å². The van der Waals surface area contributed by atoms with Gasteiger partial charge in [-0.15, -0.1) is 0 Å². The van der Waals surface area contributed by atoms with Crippen molar-refractivity contribution in [1.82, 2.24) is 9.80 Å². The molecule has 4 nitrogen and oxygen atoms in total. The van der Waals surface area contributed by atoms with Gasteiger partial charge in [0.2, 0.25) is 0 Å². The average Bonchev–Trinajstić information content (AvgIpc) is 2.39. The first-order valence-electron chi connectivity index (χ1n) is 6.07. The zero-order valence-electron chi connectivity index (χ0n) is 10.5. The van der Waals surface area contributed by atoms with Crippen LogP contribution in [0.3, 0.4) is 0 Å². The van der Waals surface area contributed by atoms with Crippen molar-refractivity contribution in [3.63, 3.8) is 0 Å². The smallest absolute Gasteiger partial charge is 0.255 e. The van der Waals surface area contributed by atoms with E-state index in [0.29, 0.717) is 13.1 Å². The summed E-state index contributed by atoms with van der Waals surface area (Å²) in [4.78, 5) is 16.5. The quantitative estimate of drug-likeness (QED) is 0.892. The molecule has 98 valence electrons. The van der Waals surface area contributed by atoms with E-state index in [0.717, 1.165) is 23.1 Å². The highest BCUT2D eigenvalue weighted by molar-refractivity contribution is 9.10. The zero-order chi connectivity index (χ0) is 13.1. The van der Waals surface area contributed by atoms with Gasteiger partial charge in [-0.3, -0.25) is 9.69 Å². The fraction of sp³-hybridized carbons (Fsp3) is 0.462. The van der Waals surface area contributed by atoms with Gasteiger partial charge in [0.15, 0.2) is 0 Å². The first-order valence-corrected chi connectivity index (χ1v) is 6.87. The summed E-state index contributed by atoms with van der Waals surface area (Å²) in [5, 5.41) is 0. The van der Waals surface area contributed by atoms with E-state index in [-0.39, 0.29) is 11.9 Å². The molecule has 0 aliphatic carbocycles. The molecule has 1 aromatic carbocycles. The van der Waals surface area contributed by atoms with Gasteiger partial charge < -0.3 is 10.6 Å². The highest BCUT2D eigenvalue weighted by Crippen LogP contribution is 2.19. The van der Waals surface area contributed by atoms with Crippen molar-refractivity contribution < 1.29 is 4.79 Å². The molecule has 5 heteroatoms. The molecule has 1 fully saturated rings. The molecule has 2 N–H and O–H groups in total. The maximum atomic E-state index is 12.4. The van der Waals surface area contributed by atoms with E-state index in [9.17, 15) is 4.79 Å². The van der Waals surface area contributed by atoms with Crippen molar-refractivity contribution in [1.29, 1.82) is 0 Å². The fourth-order valence-electron chi connectivity index (χ4n) is 2.19. The molecular weight excluding hydrogens is 294 g/mol. The molecule has 1 heterocycles. The third-order valence-corrected chi connectivity index (χ3v) is 4.13. The van der Waals surface area contributed by atoms with E-state index in [1.807, 2.05) is 29.2 Å². The number of piperazine rings is 1. The van der Waals surface area contributed by atoms with Crippen LogP contribution < -0.4 is 5.73 Å². The summed E-state index contributed by atoms with van der Waals surface area (Å²) in [6.07, 6.45) is 0. The van der Waals surface area contributed by atoms with Gasteiger partial charge in [0.05, 0.1) is 5.56 Å². The summed E-state index contributed by atoms with van der Waals surface area (Å²) in [6, 6.07) is 7.79. The summed E-state index contributed by atoms with van der Waals surface area (Å²) < 4.78 is 0.846. The standard InChI is InChI=1S/C13H18BrN3O/c1-16-6-7-17(9-10(16)8-15)13(18)11-4-2-3-5-12(11)14/h2-5,10H,6-9,15H2,1H3. The van der Waals surface area contributed by atoms with Crippen LogP contribution in [0.15, 0.2) is 28.7 Å². The van der Waals surface area contributed by atoms with Crippen molar-refractivity contribution in [3.8, 4) is 0 Å². The first-order chi connectivity index (χ1) is 8.63. The molecule has 0 radical (unpaired) electrons. The lowest BCUT2D eigenvalue weighted by Crippen LogP contribution is -2.55. The Morgan fingerprint density at radius 2 is 2.17 bits per heavy atom. The minimum Gasteiger partial charge on any atom is -0.336 e. The largest absolute Gasteiger partial charge is 0.336 e. The minimum atomic E-state index is 0.0778. The molecule has 1 atom stereocenters. The number of hydrogen-bond acceptors (Lipinski definition) is 3. The molecule has 1 amide bonds. The molecule has 0 aromatic heterocycles. The van der Waals surface area contributed by atoms with Crippen LogP contribution in [-0.2, 0) is 0 Å². The third kappa shape index (κ3) is 2.74. The molecular formula is C13H18BrN3O. The number of likely N-dealkylation sites (N-methyl/N-ethyl adjacent to an activating group) is 1. The maximum Gasteiger partial charge on any atom is 0.255 e. The van der Waals surface area contributed by atoms with Gasteiger partial charge in [0.1, 0.15) is 0 Å². The summed E-state index contributed by atoms with van der Waals surface area (Å²) in [5.74, 6) is 0.0778. The summed E-state index contributed by atoms with van der Waals surface area (Å²) in [5.41, 5.74) is 6.46. The number of carbonyl (C=O) groups excluding carboxylic acids is 1. The van der Waals surface area contributed by atoms with E-state index >= 15 is 0 Å². The van der Waals surface area contributed by atoms with Crippen molar-refractivity contribution >= 4 is 21.8 Å². The second-order valence-electron chi connectivity index (χ2n) is 4.60. The molecule has 1 unspecified atom stereocenters. The van der Waals surface area contributed by atoms with E-state index < -0.39 is 0 Å². The second-order valence-corrected chi connectivity index (χ2v) is 5.46. The van der Waals surface area contributed by atoms with Crippen LogP contribution >= 0.6 is 15.9 Å². The Morgan fingerprint density at radius 1 is 1.44 bits per heavy atom. The van der Waals surface area contributed by atoms with Crippen molar-refractivity contribution in [2.75, 3.05) is 33.2 Å². The van der Waals surface area contributed by atoms with Crippen LogP contribution in [0, 0.1) is 0 Å². The van der Waals surface area contributed by atoms with Gasteiger partial charge in [0, 0.05) is 36.7 Å². The SMILES string of the molecule is CN1CCN(C(=O)c2ccccc2Br)CC1CN. The summed E-state index contributed by atoms with van der Waals surface area (Å²) in [6.45, 7) is 2.91. The number of hydrogen-bond donors (Lipinski definition) is 1. The molecule has 0 spiro atoms. The molecule has 18 heavy (non-hydrogen) atoms. The Labute approximate surface area is 116 Å². The Kier molecular flexibility index (Phi) is 4.37. The topological polar surface area (TPSA) is 49.6 Å². The van der Waals surface area contributed by atoms with Crippen LogP contribution in [0.25, 0.3) is 0 Å². The lowest BCUT2D eigenvalue weighted by atomic mass is 10.1. The Bertz CT molecular complexity index is 438. The number of amides is 1. The second kappa shape index (κ2) is 5.82. The lowest BCUT2D eigenvalue weighted by Gasteiger charge is -2.39. The van der Waals surface area contributed by atoms with Gasteiger partial charge in [0.25, 0.3) is 5.91 Å². The monoisotopic (exact) mass is 311 g/mol. The Morgan fingerprint density at radius 3 is 2.83 bits per heavy atom. The number of benzene rings is 1. The molecule has 0 bridgehead atoms. The van der Waals surface area contributed by atoms with Gasteiger partial charge >= 0.3 is 0 Å². The van der Waals surface area contributed by atoms with Crippen molar-refractivity contribution in [2.24, 2.45) is 5.73 Å². The van der Waals surface area contributed by atoms with Gasteiger partial charge in [-0.2, -0.15) is 0 Å². The highest BCUT2D eigenvalue weighted by Gasteiger charge is 2.27. The lowest BCUT2D eigenvalue weighted by molar-refractivity contribution is 0.0559. The van der Waals surface area contributed by atoms with E-state index in [1.54, 1.807) is 0 Å². The highest BCUT2D eigenvalue weighted by atomic mass is 79.9. The maximum absolute atomic E-state index is 12.4. The van der Waals surface area contributed by atoms with Gasteiger partial charge in [-0.25, -0.2) is 0 Å². The number of halogens is 1. The predicted molar refractivity (Wildman–Crippen MR) is 75.5 cm³/mol. The van der Waals surface area contributed by atoms with E-state index in [2.05, 4.69) is 27.9 Å². The predicted octanol–water partition coefficient (Wildman–Crippen LogP) is 1.16. The Hall–Kier alpha value is -0.910. The van der Waals surface area contributed by atoms with Gasteiger partial charge in [-0.1, -0.05) is 12.1 Å². The first kappa shape index (κ1) is 13.5. The molecule has 0 saturated carbocycles. The number of rotatable bonds is 2. The molecule has 1 aliphatic heterocycles. The minimum absolute atomic E-state index is 0.0778. The number of nitrogens with zero attached hydrogens (tertiary/aromatic N) is 2.